The third-order valence-corrected chi connectivity index (χ3v) is 7.98. The van der Waals surface area contributed by atoms with E-state index >= 15 is 0 Å². The number of carbonyl (C=O) groups is 1. The molecule has 5 rings (SSSR count). The normalized spacial score (nSPS) is 14.9. The summed E-state index contributed by atoms with van der Waals surface area (Å²) in [7, 11) is 1.56. The zero-order valence-corrected chi connectivity index (χ0v) is 25.2. The number of ether oxygens (including phenoxy) is 4. The topological polar surface area (TPSA) is 88.3 Å². The predicted octanol–water partition coefficient (Wildman–Crippen LogP) is 5.15. The summed E-state index contributed by atoms with van der Waals surface area (Å²) in [6.45, 7) is 8.54. The molecule has 0 amide bonds. The summed E-state index contributed by atoms with van der Waals surface area (Å²) >= 11 is 1.27. The third-order valence-electron chi connectivity index (χ3n) is 7.00. The van der Waals surface area contributed by atoms with Gasteiger partial charge in [0.15, 0.2) is 16.3 Å². The number of allylic oxidation sites excluding steroid dienone is 1. The maximum Gasteiger partial charge on any atom is 0.338 e. The molecule has 0 fully saturated rings. The van der Waals surface area contributed by atoms with Gasteiger partial charge in [-0.3, -0.25) is 9.36 Å². The number of hydrogen-bond donors (Lipinski definition) is 0. The molecule has 9 heteroatoms. The van der Waals surface area contributed by atoms with Crippen molar-refractivity contribution in [3.05, 3.63) is 96.7 Å². The Labute approximate surface area is 248 Å². The smallest absolute Gasteiger partial charge is 0.338 e. The summed E-state index contributed by atoms with van der Waals surface area (Å²) in [5.41, 5.74) is 1.91. The lowest BCUT2D eigenvalue weighted by molar-refractivity contribution is -0.139. The average Bonchev–Trinajstić information content (AvgIpc) is 3.30. The van der Waals surface area contributed by atoms with E-state index in [2.05, 4.69) is 6.92 Å². The van der Waals surface area contributed by atoms with Gasteiger partial charge >= 0.3 is 5.97 Å². The number of nitrogens with zero attached hydrogens (tertiary/aromatic N) is 2. The maximum atomic E-state index is 14.3. The number of benzene rings is 3. The van der Waals surface area contributed by atoms with Crippen molar-refractivity contribution >= 4 is 34.2 Å². The van der Waals surface area contributed by atoms with Crippen LogP contribution in [-0.2, 0) is 9.53 Å². The van der Waals surface area contributed by atoms with Crippen molar-refractivity contribution in [1.82, 2.24) is 4.57 Å². The van der Waals surface area contributed by atoms with Gasteiger partial charge in [-0.15, -0.1) is 0 Å². The van der Waals surface area contributed by atoms with Crippen LogP contribution in [-0.4, -0.2) is 37.5 Å². The largest absolute Gasteiger partial charge is 0.493 e. The molecule has 1 aromatic heterocycles. The Morgan fingerprint density at radius 2 is 1.81 bits per heavy atom. The number of aromatic nitrogens is 1. The van der Waals surface area contributed by atoms with Crippen molar-refractivity contribution in [2.45, 2.75) is 40.2 Å². The Bertz CT molecular complexity index is 1850. The second-order valence-electron chi connectivity index (χ2n) is 9.66. The summed E-state index contributed by atoms with van der Waals surface area (Å²) in [6.07, 6.45) is 2.72. The summed E-state index contributed by atoms with van der Waals surface area (Å²) in [5, 5.41) is 2.01. The van der Waals surface area contributed by atoms with Gasteiger partial charge in [0.2, 0.25) is 0 Å². The molecule has 0 bridgehead atoms. The molecule has 0 saturated heterocycles. The summed E-state index contributed by atoms with van der Waals surface area (Å²) in [5.74, 6) is 1.13. The minimum Gasteiger partial charge on any atom is -0.493 e. The van der Waals surface area contributed by atoms with Gasteiger partial charge in [0.25, 0.3) is 5.56 Å². The first-order valence-electron chi connectivity index (χ1n) is 14.1. The molecule has 0 spiro atoms. The highest BCUT2D eigenvalue weighted by Gasteiger charge is 2.36. The van der Waals surface area contributed by atoms with E-state index in [0.717, 1.165) is 22.8 Å². The molecule has 0 saturated carbocycles. The van der Waals surface area contributed by atoms with E-state index in [4.69, 9.17) is 23.9 Å². The fourth-order valence-corrected chi connectivity index (χ4v) is 6.22. The zero-order chi connectivity index (χ0) is 29.8. The second kappa shape index (κ2) is 12.7. The molecular formula is C33H34N2O6S. The lowest BCUT2D eigenvalue weighted by Crippen LogP contribution is -2.40. The average molecular weight is 587 g/mol. The van der Waals surface area contributed by atoms with Crippen molar-refractivity contribution in [2.75, 3.05) is 26.9 Å². The SMILES string of the molecule is CCCOc1ccc2ccccc2c1/C=c1/sc2n(c1=O)[C@H](c1cccc(OC)c1OCC)C(C(=O)OCC)=C(C)N=2. The molecule has 1 aliphatic heterocycles. The Morgan fingerprint density at radius 1 is 1.00 bits per heavy atom. The third kappa shape index (κ3) is 5.32. The molecule has 8 nitrogen and oxygen atoms in total. The lowest BCUT2D eigenvalue weighted by atomic mass is 9.94. The first kappa shape index (κ1) is 29.1. The molecule has 0 radical (unpaired) electrons. The number of methoxy groups -OCH3 is 1. The summed E-state index contributed by atoms with van der Waals surface area (Å²) in [6, 6.07) is 16.6. The Balaban J connectivity index is 1.80. The highest BCUT2D eigenvalue weighted by atomic mass is 32.1. The molecule has 4 aromatic rings. The van der Waals surface area contributed by atoms with Crippen molar-refractivity contribution in [1.29, 1.82) is 0 Å². The van der Waals surface area contributed by atoms with E-state index in [1.807, 2.05) is 61.5 Å². The van der Waals surface area contributed by atoms with Gasteiger partial charge in [0.05, 0.1) is 42.7 Å². The van der Waals surface area contributed by atoms with Gasteiger partial charge < -0.3 is 18.9 Å². The predicted molar refractivity (Wildman–Crippen MR) is 164 cm³/mol. The minimum atomic E-state index is -0.831. The molecule has 218 valence electrons. The lowest BCUT2D eigenvalue weighted by Gasteiger charge is -2.26. The number of fused-ring (bicyclic) bond motifs is 2. The molecule has 1 atom stereocenters. The molecular weight excluding hydrogens is 552 g/mol. The fraction of sp³-hybridized carbons (Fsp3) is 0.303. The monoisotopic (exact) mass is 586 g/mol. The molecule has 0 aliphatic carbocycles. The number of thiazole rings is 1. The van der Waals surface area contributed by atoms with E-state index in [1.165, 1.54) is 11.3 Å². The van der Waals surface area contributed by atoms with Crippen LogP contribution in [0.5, 0.6) is 17.2 Å². The number of esters is 1. The molecule has 2 heterocycles. The van der Waals surface area contributed by atoms with Crippen LogP contribution >= 0.6 is 11.3 Å². The number of rotatable bonds is 10. The maximum absolute atomic E-state index is 14.3. The Kier molecular flexibility index (Phi) is 8.77. The van der Waals surface area contributed by atoms with Crippen molar-refractivity contribution in [2.24, 2.45) is 4.99 Å². The standard InChI is InChI=1S/C33H34N2O6S/c1-6-18-41-25-17-16-21-12-9-10-13-22(21)24(25)19-27-31(36)35-29(23-14-11-15-26(38-5)30(23)39-7-2)28(32(37)40-8-3)20(4)34-33(35)42-27/h9-17,19,29H,6-8,18H2,1-5H3/b27-19+/t29-/m1/s1. The van der Waals surface area contributed by atoms with Crippen molar-refractivity contribution < 1.29 is 23.7 Å². The molecule has 1 aliphatic rings. The van der Waals surface area contributed by atoms with Crippen LogP contribution in [0.25, 0.3) is 16.8 Å². The summed E-state index contributed by atoms with van der Waals surface area (Å²) < 4.78 is 25.2. The fourth-order valence-electron chi connectivity index (χ4n) is 5.19. The van der Waals surface area contributed by atoms with E-state index in [1.54, 1.807) is 31.6 Å². The molecule has 0 unspecified atom stereocenters. The van der Waals surface area contributed by atoms with E-state index < -0.39 is 12.0 Å². The summed E-state index contributed by atoms with van der Waals surface area (Å²) in [4.78, 5) is 32.9. The number of para-hydroxylation sites is 1. The Hall–Kier alpha value is -4.37. The first-order valence-corrected chi connectivity index (χ1v) is 14.9. The molecule has 42 heavy (non-hydrogen) atoms. The number of hydrogen-bond acceptors (Lipinski definition) is 8. The van der Waals surface area contributed by atoms with Gasteiger partial charge in [-0.25, -0.2) is 9.79 Å². The van der Waals surface area contributed by atoms with Gasteiger partial charge in [0.1, 0.15) is 11.8 Å². The second-order valence-corrected chi connectivity index (χ2v) is 10.7. The van der Waals surface area contributed by atoms with Crippen LogP contribution in [0.15, 0.2) is 75.7 Å². The first-order chi connectivity index (χ1) is 20.4. The van der Waals surface area contributed by atoms with Crippen molar-refractivity contribution in [3.8, 4) is 17.2 Å². The van der Waals surface area contributed by atoms with E-state index in [-0.39, 0.29) is 17.7 Å². The molecule has 3 aromatic carbocycles. The number of carbonyl (C=O) groups excluding carboxylic acids is 1. The van der Waals surface area contributed by atoms with Gasteiger partial charge in [0, 0.05) is 11.1 Å². The zero-order valence-electron chi connectivity index (χ0n) is 24.4. The highest BCUT2D eigenvalue weighted by Crippen LogP contribution is 2.41. The minimum absolute atomic E-state index is 0.185. The van der Waals surface area contributed by atoms with Crippen LogP contribution in [0, 0.1) is 0 Å². The molecule has 0 N–H and O–H groups in total. The van der Waals surface area contributed by atoms with Gasteiger partial charge in [-0.2, -0.15) is 0 Å². The van der Waals surface area contributed by atoms with E-state index in [9.17, 15) is 9.59 Å². The van der Waals surface area contributed by atoms with Gasteiger partial charge in [-0.1, -0.05) is 60.7 Å². The highest BCUT2D eigenvalue weighted by molar-refractivity contribution is 7.07. The van der Waals surface area contributed by atoms with Crippen LogP contribution in [0.4, 0.5) is 0 Å². The van der Waals surface area contributed by atoms with Crippen molar-refractivity contribution in [3.63, 3.8) is 0 Å². The Morgan fingerprint density at radius 3 is 2.55 bits per heavy atom. The quantitative estimate of drug-likeness (QED) is 0.239. The van der Waals surface area contributed by atoms with Crippen LogP contribution in [0.3, 0.4) is 0 Å². The van der Waals surface area contributed by atoms with Crippen LogP contribution < -0.4 is 29.1 Å². The van der Waals surface area contributed by atoms with Gasteiger partial charge in [-0.05, 0) is 56.2 Å². The van der Waals surface area contributed by atoms with Crippen LogP contribution in [0.1, 0.15) is 51.3 Å². The van der Waals surface area contributed by atoms with E-state index in [0.29, 0.717) is 51.1 Å². The van der Waals surface area contributed by atoms with Crippen LogP contribution in [0.2, 0.25) is 0 Å².